The van der Waals surface area contributed by atoms with Gasteiger partial charge in [-0.2, -0.15) is 0 Å². The molecule has 0 radical (unpaired) electrons. The number of benzene rings is 1. The van der Waals surface area contributed by atoms with E-state index >= 15 is 0 Å². The second-order valence-corrected chi connectivity index (χ2v) is 3.88. The van der Waals surface area contributed by atoms with Gasteiger partial charge < -0.3 is 9.84 Å². The summed E-state index contributed by atoms with van der Waals surface area (Å²) in [7, 11) is 5.12. The summed E-state index contributed by atoms with van der Waals surface area (Å²) in [6.45, 7) is 0.494. The Labute approximate surface area is 95.5 Å². The number of ether oxygens (including phenoxy) is 1. The van der Waals surface area contributed by atoms with Crippen molar-refractivity contribution in [3.63, 3.8) is 0 Å². The molecule has 0 bridgehead atoms. The second-order valence-electron chi connectivity index (χ2n) is 3.88. The van der Waals surface area contributed by atoms with Crippen molar-refractivity contribution >= 4 is 5.97 Å². The molecular formula is C12H17NO3. The Balaban J connectivity index is 3.00. The normalized spacial score (nSPS) is 12.8. The van der Waals surface area contributed by atoms with Crippen molar-refractivity contribution in [1.82, 2.24) is 4.90 Å². The van der Waals surface area contributed by atoms with Gasteiger partial charge in [-0.25, -0.2) is 0 Å². The predicted octanol–water partition coefficient (Wildman–Crippen LogP) is 1.52. The molecule has 0 heterocycles. The number of hydrogen-bond acceptors (Lipinski definition) is 3. The van der Waals surface area contributed by atoms with Gasteiger partial charge in [-0.1, -0.05) is 24.3 Å². The second kappa shape index (κ2) is 5.63. The van der Waals surface area contributed by atoms with Crippen LogP contribution in [0.3, 0.4) is 0 Å². The zero-order chi connectivity index (χ0) is 12.1. The Morgan fingerprint density at radius 2 is 2.19 bits per heavy atom. The molecule has 0 aliphatic rings. The lowest BCUT2D eigenvalue weighted by molar-refractivity contribution is -0.142. The Bertz CT molecular complexity index is 363. The molecule has 0 amide bonds. The van der Waals surface area contributed by atoms with Crippen LogP contribution in [0.5, 0.6) is 0 Å². The highest BCUT2D eigenvalue weighted by Gasteiger charge is 2.21. The van der Waals surface area contributed by atoms with Crippen molar-refractivity contribution in [2.75, 3.05) is 21.2 Å². The smallest absolute Gasteiger partial charge is 0.325 e. The number of methoxy groups -OCH3 is 1. The molecule has 0 saturated heterocycles. The largest absolute Gasteiger partial charge is 0.480 e. The van der Waals surface area contributed by atoms with Crippen LogP contribution in [0.2, 0.25) is 0 Å². The summed E-state index contributed by atoms with van der Waals surface area (Å²) in [5.74, 6) is -0.848. The van der Waals surface area contributed by atoms with Crippen molar-refractivity contribution in [2.24, 2.45) is 0 Å². The fraction of sp³-hybridized carbons (Fsp3) is 0.417. The summed E-state index contributed by atoms with van der Waals surface area (Å²) < 4.78 is 5.02. The topological polar surface area (TPSA) is 49.8 Å². The minimum absolute atomic E-state index is 0.494. The number of likely N-dealkylation sites (N-methyl/N-ethyl adjacent to an activating group) is 1. The lowest BCUT2D eigenvalue weighted by Crippen LogP contribution is -2.27. The highest BCUT2D eigenvalue weighted by molar-refractivity contribution is 5.75. The van der Waals surface area contributed by atoms with Gasteiger partial charge in [-0.3, -0.25) is 9.69 Å². The minimum atomic E-state index is -0.848. The van der Waals surface area contributed by atoms with E-state index in [2.05, 4.69) is 0 Å². The summed E-state index contributed by atoms with van der Waals surface area (Å²) in [5.41, 5.74) is 1.75. The van der Waals surface area contributed by atoms with E-state index in [1.165, 1.54) is 0 Å². The van der Waals surface area contributed by atoms with Crippen molar-refractivity contribution < 1.29 is 14.6 Å². The van der Waals surface area contributed by atoms with Crippen LogP contribution < -0.4 is 0 Å². The maximum Gasteiger partial charge on any atom is 0.325 e. The van der Waals surface area contributed by atoms with Gasteiger partial charge in [-0.05, 0) is 25.2 Å². The Morgan fingerprint density at radius 1 is 1.50 bits per heavy atom. The van der Waals surface area contributed by atoms with E-state index in [-0.39, 0.29) is 0 Å². The number of carboxylic acids is 1. The molecule has 1 aromatic carbocycles. The molecule has 16 heavy (non-hydrogen) atoms. The van der Waals surface area contributed by atoms with Crippen LogP contribution in [-0.2, 0) is 16.1 Å². The predicted molar refractivity (Wildman–Crippen MR) is 61.2 cm³/mol. The number of carboxylic acid groups (broad SMARTS) is 1. The molecule has 4 nitrogen and oxygen atoms in total. The number of rotatable bonds is 5. The molecule has 0 saturated carbocycles. The molecule has 0 fully saturated rings. The standard InChI is InChI=1S/C12H17NO3/c1-13(2)11(12(14)15)10-6-4-5-9(7-10)8-16-3/h4-7,11H,8H2,1-3H3,(H,14,15). The van der Waals surface area contributed by atoms with Crippen LogP contribution in [0, 0.1) is 0 Å². The third kappa shape index (κ3) is 3.05. The van der Waals surface area contributed by atoms with Gasteiger partial charge in [0.1, 0.15) is 6.04 Å². The highest BCUT2D eigenvalue weighted by Crippen LogP contribution is 2.19. The summed E-state index contributed by atoms with van der Waals surface area (Å²) in [5, 5.41) is 9.14. The van der Waals surface area contributed by atoms with E-state index in [1.54, 1.807) is 26.1 Å². The maximum absolute atomic E-state index is 11.1. The van der Waals surface area contributed by atoms with Crippen LogP contribution in [-0.4, -0.2) is 37.2 Å². The lowest BCUT2D eigenvalue weighted by atomic mass is 10.0. The summed E-state index contributed by atoms with van der Waals surface area (Å²) in [6, 6.07) is 6.84. The first kappa shape index (κ1) is 12.7. The van der Waals surface area contributed by atoms with Crippen LogP contribution in [0.1, 0.15) is 17.2 Å². The Kier molecular flexibility index (Phi) is 4.46. The molecular weight excluding hydrogens is 206 g/mol. The van der Waals surface area contributed by atoms with Gasteiger partial charge in [0.15, 0.2) is 0 Å². The SMILES string of the molecule is COCc1cccc(C(C(=O)O)N(C)C)c1. The molecule has 1 N–H and O–H groups in total. The molecule has 0 spiro atoms. The molecule has 1 unspecified atom stereocenters. The van der Waals surface area contributed by atoms with E-state index in [1.807, 2.05) is 24.3 Å². The highest BCUT2D eigenvalue weighted by atomic mass is 16.5. The van der Waals surface area contributed by atoms with Gasteiger partial charge in [0.25, 0.3) is 0 Å². The van der Waals surface area contributed by atoms with E-state index in [0.717, 1.165) is 11.1 Å². The third-order valence-electron chi connectivity index (χ3n) is 2.33. The molecule has 0 aliphatic heterocycles. The van der Waals surface area contributed by atoms with E-state index in [9.17, 15) is 4.79 Å². The van der Waals surface area contributed by atoms with E-state index in [0.29, 0.717) is 6.61 Å². The van der Waals surface area contributed by atoms with Gasteiger partial charge in [0.2, 0.25) is 0 Å². The van der Waals surface area contributed by atoms with Crippen LogP contribution in [0.15, 0.2) is 24.3 Å². The molecule has 1 rings (SSSR count). The van der Waals surface area contributed by atoms with Gasteiger partial charge >= 0.3 is 5.97 Å². The molecule has 1 aromatic rings. The Hall–Kier alpha value is -1.39. The molecule has 88 valence electrons. The van der Waals surface area contributed by atoms with E-state index < -0.39 is 12.0 Å². The average molecular weight is 223 g/mol. The summed E-state index contributed by atoms with van der Waals surface area (Å²) in [6.07, 6.45) is 0. The number of carbonyl (C=O) groups is 1. The van der Waals surface area contributed by atoms with Crippen LogP contribution >= 0.6 is 0 Å². The quantitative estimate of drug-likeness (QED) is 0.822. The first-order valence-electron chi connectivity index (χ1n) is 5.03. The van der Waals surface area contributed by atoms with Crippen molar-refractivity contribution in [3.8, 4) is 0 Å². The lowest BCUT2D eigenvalue weighted by Gasteiger charge is -2.20. The van der Waals surface area contributed by atoms with Gasteiger partial charge in [-0.15, -0.1) is 0 Å². The fourth-order valence-corrected chi connectivity index (χ4v) is 1.68. The first-order chi connectivity index (χ1) is 7.56. The Morgan fingerprint density at radius 3 is 2.69 bits per heavy atom. The van der Waals surface area contributed by atoms with Crippen molar-refractivity contribution in [2.45, 2.75) is 12.6 Å². The zero-order valence-corrected chi connectivity index (χ0v) is 9.80. The molecule has 0 aliphatic carbocycles. The van der Waals surface area contributed by atoms with Gasteiger partial charge in [0.05, 0.1) is 6.61 Å². The number of nitrogens with zero attached hydrogens (tertiary/aromatic N) is 1. The summed E-state index contributed by atoms with van der Waals surface area (Å²) >= 11 is 0. The van der Waals surface area contributed by atoms with Crippen molar-refractivity contribution in [3.05, 3.63) is 35.4 Å². The fourth-order valence-electron chi connectivity index (χ4n) is 1.68. The van der Waals surface area contributed by atoms with Crippen LogP contribution in [0.25, 0.3) is 0 Å². The van der Waals surface area contributed by atoms with Crippen LogP contribution in [0.4, 0.5) is 0 Å². The number of hydrogen-bond donors (Lipinski definition) is 1. The molecule has 0 aromatic heterocycles. The third-order valence-corrected chi connectivity index (χ3v) is 2.33. The molecule has 1 atom stereocenters. The molecule has 4 heteroatoms. The van der Waals surface area contributed by atoms with E-state index in [4.69, 9.17) is 9.84 Å². The first-order valence-corrected chi connectivity index (χ1v) is 5.03. The van der Waals surface area contributed by atoms with Gasteiger partial charge in [0, 0.05) is 7.11 Å². The van der Waals surface area contributed by atoms with Crippen molar-refractivity contribution in [1.29, 1.82) is 0 Å². The maximum atomic E-state index is 11.1. The summed E-state index contributed by atoms with van der Waals surface area (Å²) in [4.78, 5) is 12.8. The number of aliphatic carboxylic acids is 1. The zero-order valence-electron chi connectivity index (χ0n) is 9.80. The monoisotopic (exact) mass is 223 g/mol. The minimum Gasteiger partial charge on any atom is -0.480 e. The average Bonchev–Trinajstić information content (AvgIpc) is 2.17.